The molecule has 0 aliphatic carbocycles. The monoisotopic (exact) mass is 243 g/mol. The van der Waals surface area contributed by atoms with Gasteiger partial charge in [-0.05, 0) is 46.3 Å². The molecule has 0 radical (unpaired) electrons. The summed E-state index contributed by atoms with van der Waals surface area (Å²) in [6.07, 6.45) is 0.960. The van der Waals surface area contributed by atoms with Gasteiger partial charge in [0.2, 0.25) is 0 Å². The Hall–Kier alpha value is -0.770. The molecule has 1 atom stereocenters. The minimum Gasteiger partial charge on any atom is -0.336 e. The van der Waals surface area contributed by atoms with Gasteiger partial charge in [-0.3, -0.25) is 0 Å². The molecule has 4 nitrogen and oxygen atoms in total. The van der Waals surface area contributed by atoms with Crippen LogP contribution in [0.3, 0.4) is 0 Å². The SMILES string of the molecule is CC(C)NC(=O)NC(CCN(C)C)C(C)(C)C. The van der Waals surface area contributed by atoms with E-state index < -0.39 is 0 Å². The third-order valence-corrected chi connectivity index (χ3v) is 2.64. The summed E-state index contributed by atoms with van der Waals surface area (Å²) in [7, 11) is 4.10. The highest BCUT2D eigenvalue weighted by Crippen LogP contribution is 2.21. The molecule has 0 bridgehead atoms. The molecule has 0 rings (SSSR count). The van der Waals surface area contributed by atoms with Gasteiger partial charge in [0.15, 0.2) is 0 Å². The van der Waals surface area contributed by atoms with Gasteiger partial charge in [0.25, 0.3) is 0 Å². The van der Waals surface area contributed by atoms with Crippen LogP contribution < -0.4 is 10.6 Å². The van der Waals surface area contributed by atoms with Gasteiger partial charge in [-0.2, -0.15) is 0 Å². The van der Waals surface area contributed by atoms with Gasteiger partial charge < -0.3 is 15.5 Å². The number of carbonyl (C=O) groups is 1. The summed E-state index contributed by atoms with van der Waals surface area (Å²) in [5.74, 6) is 0. The first-order valence-corrected chi connectivity index (χ1v) is 6.34. The zero-order chi connectivity index (χ0) is 13.6. The van der Waals surface area contributed by atoms with E-state index in [4.69, 9.17) is 0 Å². The fourth-order valence-electron chi connectivity index (χ4n) is 1.57. The molecular formula is C13H29N3O. The van der Waals surface area contributed by atoms with Crippen molar-refractivity contribution in [3.63, 3.8) is 0 Å². The summed E-state index contributed by atoms with van der Waals surface area (Å²) in [5, 5.41) is 5.94. The van der Waals surface area contributed by atoms with Crippen LogP contribution >= 0.6 is 0 Å². The van der Waals surface area contributed by atoms with Gasteiger partial charge in [0.05, 0.1) is 0 Å². The fourth-order valence-corrected chi connectivity index (χ4v) is 1.57. The molecule has 2 N–H and O–H groups in total. The number of rotatable bonds is 5. The van der Waals surface area contributed by atoms with E-state index in [1.54, 1.807) is 0 Å². The number of amides is 2. The van der Waals surface area contributed by atoms with Crippen molar-refractivity contribution in [2.45, 2.75) is 53.1 Å². The molecule has 0 aliphatic rings. The quantitative estimate of drug-likeness (QED) is 0.776. The lowest BCUT2D eigenvalue weighted by Crippen LogP contribution is -2.50. The Morgan fingerprint density at radius 3 is 2.06 bits per heavy atom. The van der Waals surface area contributed by atoms with Crippen LogP contribution in [-0.2, 0) is 0 Å². The lowest BCUT2D eigenvalue weighted by molar-refractivity contribution is 0.205. The summed E-state index contributed by atoms with van der Waals surface area (Å²) in [5.41, 5.74) is 0.0737. The Balaban J connectivity index is 4.34. The van der Waals surface area contributed by atoms with E-state index >= 15 is 0 Å². The van der Waals surface area contributed by atoms with Crippen molar-refractivity contribution in [3.05, 3.63) is 0 Å². The zero-order valence-electron chi connectivity index (χ0n) is 12.4. The number of urea groups is 1. The molecule has 4 heteroatoms. The highest BCUT2D eigenvalue weighted by molar-refractivity contribution is 5.74. The van der Waals surface area contributed by atoms with E-state index in [1.807, 2.05) is 27.9 Å². The Morgan fingerprint density at radius 2 is 1.71 bits per heavy atom. The Bertz CT molecular complexity index is 231. The summed E-state index contributed by atoms with van der Waals surface area (Å²) >= 11 is 0. The second kappa shape index (κ2) is 6.84. The molecule has 0 aromatic carbocycles. The molecular weight excluding hydrogens is 214 g/mol. The van der Waals surface area contributed by atoms with Crippen LogP contribution in [-0.4, -0.2) is 43.7 Å². The number of carbonyl (C=O) groups excluding carboxylic acids is 1. The predicted octanol–water partition coefficient (Wildman–Crippen LogP) is 2.06. The zero-order valence-corrected chi connectivity index (χ0v) is 12.4. The van der Waals surface area contributed by atoms with Crippen molar-refractivity contribution in [3.8, 4) is 0 Å². The van der Waals surface area contributed by atoms with Crippen LogP contribution in [0.15, 0.2) is 0 Å². The maximum Gasteiger partial charge on any atom is 0.315 e. The normalized spacial score (nSPS) is 13.9. The molecule has 0 saturated carbocycles. The van der Waals surface area contributed by atoms with Crippen molar-refractivity contribution in [1.82, 2.24) is 15.5 Å². The molecule has 0 fully saturated rings. The standard InChI is InChI=1S/C13H29N3O/c1-10(2)14-12(17)15-11(13(3,4)5)8-9-16(6)7/h10-11H,8-9H2,1-7H3,(H2,14,15,17). The molecule has 0 spiro atoms. The lowest BCUT2D eigenvalue weighted by atomic mass is 9.84. The second-order valence-electron chi connectivity index (χ2n) is 6.28. The van der Waals surface area contributed by atoms with Crippen LogP contribution in [0.2, 0.25) is 0 Å². The van der Waals surface area contributed by atoms with E-state index in [1.165, 1.54) is 0 Å². The number of hydrogen-bond donors (Lipinski definition) is 2. The lowest BCUT2D eigenvalue weighted by Gasteiger charge is -2.32. The first-order chi connectivity index (χ1) is 7.62. The molecule has 0 heterocycles. The van der Waals surface area contributed by atoms with Crippen LogP contribution in [0.4, 0.5) is 4.79 Å². The van der Waals surface area contributed by atoms with Gasteiger partial charge in [0.1, 0.15) is 0 Å². The third kappa shape index (κ3) is 8.02. The van der Waals surface area contributed by atoms with Crippen molar-refractivity contribution >= 4 is 6.03 Å². The predicted molar refractivity (Wildman–Crippen MR) is 73.2 cm³/mol. The highest BCUT2D eigenvalue weighted by atomic mass is 16.2. The van der Waals surface area contributed by atoms with E-state index in [2.05, 4.69) is 36.3 Å². The maximum absolute atomic E-state index is 11.7. The first kappa shape index (κ1) is 16.2. The molecule has 0 saturated heterocycles. The number of nitrogens with zero attached hydrogens (tertiary/aromatic N) is 1. The van der Waals surface area contributed by atoms with Crippen LogP contribution in [0.25, 0.3) is 0 Å². The molecule has 0 aliphatic heterocycles. The molecule has 1 unspecified atom stereocenters. The molecule has 0 aromatic heterocycles. The van der Waals surface area contributed by atoms with E-state index in [9.17, 15) is 4.79 Å². The van der Waals surface area contributed by atoms with E-state index in [0.29, 0.717) is 0 Å². The third-order valence-electron chi connectivity index (χ3n) is 2.64. The Labute approximate surface area is 106 Å². The summed E-state index contributed by atoms with van der Waals surface area (Å²) in [4.78, 5) is 13.9. The van der Waals surface area contributed by atoms with Gasteiger partial charge >= 0.3 is 6.03 Å². The highest BCUT2D eigenvalue weighted by Gasteiger charge is 2.26. The topological polar surface area (TPSA) is 44.4 Å². The van der Waals surface area contributed by atoms with Gasteiger partial charge in [0, 0.05) is 12.1 Å². The fraction of sp³-hybridized carbons (Fsp3) is 0.923. The smallest absolute Gasteiger partial charge is 0.315 e. The van der Waals surface area contributed by atoms with E-state index in [0.717, 1.165) is 13.0 Å². The molecule has 2 amide bonds. The average Bonchev–Trinajstić information content (AvgIpc) is 2.08. The molecule has 17 heavy (non-hydrogen) atoms. The van der Waals surface area contributed by atoms with Gasteiger partial charge in [-0.1, -0.05) is 20.8 Å². The summed E-state index contributed by atoms with van der Waals surface area (Å²) in [6, 6.07) is 0.284. The number of hydrogen-bond acceptors (Lipinski definition) is 2. The summed E-state index contributed by atoms with van der Waals surface area (Å²) in [6.45, 7) is 11.4. The Kier molecular flexibility index (Phi) is 6.53. The van der Waals surface area contributed by atoms with Crippen molar-refractivity contribution in [1.29, 1.82) is 0 Å². The minimum atomic E-state index is -0.0707. The van der Waals surface area contributed by atoms with Crippen LogP contribution in [0.1, 0.15) is 41.0 Å². The second-order valence-corrected chi connectivity index (χ2v) is 6.28. The van der Waals surface area contributed by atoms with Crippen LogP contribution in [0.5, 0.6) is 0 Å². The van der Waals surface area contributed by atoms with E-state index in [-0.39, 0.29) is 23.5 Å². The summed E-state index contributed by atoms with van der Waals surface area (Å²) < 4.78 is 0. The molecule has 0 aromatic rings. The average molecular weight is 243 g/mol. The van der Waals surface area contributed by atoms with Crippen molar-refractivity contribution in [2.75, 3.05) is 20.6 Å². The number of nitrogens with one attached hydrogen (secondary N) is 2. The largest absolute Gasteiger partial charge is 0.336 e. The van der Waals surface area contributed by atoms with Crippen molar-refractivity contribution in [2.24, 2.45) is 5.41 Å². The molecule has 102 valence electrons. The first-order valence-electron chi connectivity index (χ1n) is 6.34. The van der Waals surface area contributed by atoms with Gasteiger partial charge in [-0.25, -0.2) is 4.79 Å². The van der Waals surface area contributed by atoms with Crippen molar-refractivity contribution < 1.29 is 4.79 Å². The van der Waals surface area contributed by atoms with Gasteiger partial charge in [-0.15, -0.1) is 0 Å². The Morgan fingerprint density at radius 1 is 1.18 bits per heavy atom. The maximum atomic E-state index is 11.7. The van der Waals surface area contributed by atoms with Crippen LogP contribution in [0, 0.1) is 5.41 Å². The minimum absolute atomic E-state index is 0.0707.